The Morgan fingerprint density at radius 1 is 1.64 bits per heavy atom. The van der Waals surface area contributed by atoms with E-state index in [1.54, 1.807) is 13.8 Å². The highest BCUT2D eigenvalue weighted by Crippen LogP contribution is 2.17. The van der Waals surface area contributed by atoms with Crippen LogP contribution in [0, 0.1) is 11.3 Å². The molecule has 0 heterocycles. The normalized spacial score (nSPS) is 14.7. The van der Waals surface area contributed by atoms with Gasteiger partial charge in [-0.25, -0.2) is 0 Å². The summed E-state index contributed by atoms with van der Waals surface area (Å²) in [5.41, 5.74) is 0. The van der Waals surface area contributed by atoms with E-state index in [1.165, 1.54) is 18.9 Å². The molecule has 0 rings (SSSR count). The maximum absolute atomic E-state index is 10.8. The molecule has 0 fully saturated rings. The minimum absolute atomic E-state index is 0.163. The average Bonchev–Trinajstić information content (AvgIpc) is 2.02. The lowest BCUT2D eigenvalue weighted by atomic mass is 10.5. The highest BCUT2D eigenvalue weighted by molar-refractivity contribution is 8.01. The van der Waals surface area contributed by atoms with Crippen LogP contribution in [0.4, 0.5) is 0 Å². The molecule has 0 aliphatic heterocycles. The second-order valence-corrected chi connectivity index (χ2v) is 3.76. The van der Waals surface area contributed by atoms with E-state index in [9.17, 15) is 4.79 Å². The molecule has 0 bridgehead atoms. The van der Waals surface area contributed by atoms with Crippen molar-refractivity contribution in [2.45, 2.75) is 24.3 Å². The lowest BCUT2D eigenvalue weighted by Crippen LogP contribution is -2.17. The topological polar surface area (TPSA) is 50.1 Å². The van der Waals surface area contributed by atoms with Gasteiger partial charge in [-0.05, 0) is 13.8 Å². The van der Waals surface area contributed by atoms with Crippen molar-refractivity contribution in [2.24, 2.45) is 0 Å². The number of nitriles is 1. The molecular formula is C7H11NO2S. The fraction of sp³-hybridized carbons (Fsp3) is 0.714. The molecule has 0 radical (unpaired) electrons. The summed E-state index contributed by atoms with van der Waals surface area (Å²) < 4.78 is 4.49. The van der Waals surface area contributed by atoms with Crippen molar-refractivity contribution in [3.63, 3.8) is 0 Å². The zero-order valence-corrected chi connectivity index (χ0v) is 7.64. The predicted octanol–water partition coefficient (Wildman–Crippen LogP) is 1.19. The van der Waals surface area contributed by atoms with Gasteiger partial charge < -0.3 is 4.74 Å². The van der Waals surface area contributed by atoms with Gasteiger partial charge >= 0.3 is 5.97 Å². The van der Waals surface area contributed by atoms with E-state index in [0.717, 1.165) is 0 Å². The van der Waals surface area contributed by atoms with E-state index >= 15 is 0 Å². The molecule has 3 nitrogen and oxygen atoms in total. The summed E-state index contributed by atoms with van der Waals surface area (Å²) in [4.78, 5) is 10.8. The van der Waals surface area contributed by atoms with Crippen LogP contribution in [0.2, 0.25) is 0 Å². The van der Waals surface area contributed by atoms with E-state index in [4.69, 9.17) is 5.26 Å². The Hall–Kier alpha value is -0.690. The maximum atomic E-state index is 10.8. The number of nitrogens with zero attached hydrogens (tertiary/aromatic N) is 1. The van der Waals surface area contributed by atoms with Crippen LogP contribution < -0.4 is 0 Å². The van der Waals surface area contributed by atoms with Gasteiger partial charge in [0.15, 0.2) is 0 Å². The average molecular weight is 173 g/mol. The molecule has 0 saturated carbocycles. The van der Waals surface area contributed by atoms with E-state index < -0.39 is 0 Å². The monoisotopic (exact) mass is 173 g/mol. The zero-order valence-electron chi connectivity index (χ0n) is 6.83. The molecule has 0 spiro atoms. The molecule has 0 saturated heterocycles. The molecule has 4 heteroatoms. The quantitative estimate of drug-likeness (QED) is 0.601. The second-order valence-electron chi connectivity index (χ2n) is 2.07. The molecule has 0 aromatic heterocycles. The number of carbonyl (C=O) groups excluding carboxylic acids is 1. The summed E-state index contributed by atoms with van der Waals surface area (Å²) >= 11 is 1.30. The molecule has 11 heavy (non-hydrogen) atoms. The smallest absolute Gasteiger partial charge is 0.318 e. The number of hydrogen-bond donors (Lipinski definition) is 0. The third-order valence-electron chi connectivity index (χ3n) is 1.12. The number of thioether (sulfide) groups is 1. The van der Waals surface area contributed by atoms with Crippen molar-refractivity contribution in [3.05, 3.63) is 0 Å². The molecule has 0 aliphatic rings. The van der Waals surface area contributed by atoms with Crippen LogP contribution in [0.5, 0.6) is 0 Å². The molecule has 2 unspecified atom stereocenters. The number of esters is 1. The molecule has 0 aromatic rings. The first kappa shape index (κ1) is 10.3. The van der Waals surface area contributed by atoms with Crippen molar-refractivity contribution < 1.29 is 9.53 Å². The van der Waals surface area contributed by atoms with Gasteiger partial charge in [-0.2, -0.15) is 5.26 Å². The number of hydrogen-bond acceptors (Lipinski definition) is 4. The Kier molecular flexibility index (Phi) is 4.71. The lowest BCUT2D eigenvalue weighted by Gasteiger charge is -2.08. The minimum atomic E-state index is -0.280. The maximum Gasteiger partial charge on any atom is 0.318 e. The number of methoxy groups -OCH3 is 1. The molecule has 2 atom stereocenters. The van der Waals surface area contributed by atoms with Gasteiger partial charge in [0.05, 0.1) is 18.4 Å². The molecule has 0 aromatic carbocycles. The van der Waals surface area contributed by atoms with Gasteiger partial charge in [0.1, 0.15) is 5.25 Å². The Labute approximate surface area is 70.7 Å². The largest absolute Gasteiger partial charge is 0.468 e. The summed E-state index contributed by atoms with van der Waals surface area (Å²) in [5.74, 6) is -0.280. The summed E-state index contributed by atoms with van der Waals surface area (Å²) in [6.45, 7) is 3.48. The number of carbonyl (C=O) groups is 1. The van der Waals surface area contributed by atoms with Crippen molar-refractivity contribution in [3.8, 4) is 6.07 Å². The van der Waals surface area contributed by atoms with Gasteiger partial charge in [-0.1, -0.05) is 0 Å². The van der Waals surface area contributed by atoms with Crippen LogP contribution >= 0.6 is 11.8 Å². The minimum Gasteiger partial charge on any atom is -0.468 e. The summed E-state index contributed by atoms with van der Waals surface area (Å²) in [5, 5.41) is 8.00. The number of ether oxygens (including phenoxy) is 1. The highest BCUT2D eigenvalue weighted by Gasteiger charge is 2.16. The second kappa shape index (κ2) is 5.03. The third kappa shape index (κ3) is 3.89. The first-order valence-electron chi connectivity index (χ1n) is 3.24. The summed E-state index contributed by atoms with van der Waals surface area (Å²) in [6.07, 6.45) is 0. The van der Waals surface area contributed by atoms with Crippen LogP contribution in [0.3, 0.4) is 0 Å². The molecule has 62 valence electrons. The standard InChI is InChI=1S/C7H11NO2S/c1-5(4-8)11-6(2)7(9)10-3/h5-6H,1-3H3. The van der Waals surface area contributed by atoms with Crippen molar-refractivity contribution in [1.29, 1.82) is 5.26 Å². The van der Waals surface area contributed by atoms with Gasteiger partial charge in [-0.15, -0.1) is 11.8 Å². The molecule has 0 aliphatic carbocycles. The van der Waals surface area contributed by atoms with Crippen LogP contribution in [0.25, 0.3) is 0 Å². The Bertz CT molecular complexity index is 176. The first-order chi connectivity index (χ1) is 5.11. The van der Waals surface area contributed by atoms with Gasteiger partial charge in [0.25, 0.3) is 0 Å². The van der Waals surface area contributed by atoms with E-state index in [1.807, 2.05) is 6.07 Å². The fourth-order valence-corrected chi connectivity index (χ4v) is 1.44. The Morgan fingerprint density at radius 3 is 2.55 bits per heavy atom. The summed E-state index contributed by atoms with van der Waals surface area (Å²) in [6, 6.07) is 2.03. The lowest BCUT2D eigenvalue weighted by molar-refractivity contribution is -0.139. The molecule has 0 amide bonds. The molecular weight excluding hydrogens is 162 g/mol. The van der Waals surface area contributed by atoms with Gasteiger partial charge in [0, 0.05) is 0 Å². The van der Waals surface area contributed by atoms with Gasteiger partial charge in [0.2, 0.25) is 0 Å². The molecule has 0 N–H and O–H groups in total. The van der Waals surface area contributed by atoms with Crippen LogP contribution in [0.1, 0.15) is 13.8 Å². The van der Waals surface area contributed by atoms with E-state index in [0.29, 0.717) is 0 Å². The van der Waals surface area contributed by atoms with E-state index in [2.05, 4.69) is 4.74 Å². The van der Waals surface area contributed by atoms with Crippen molar-refractivity contribution in [2.75, 3.05) is 7.11 Å². The predicted molar refractivity (Wildman–Crippen MR) is 44.1 cm³/mol. The first-order valence-corrected chi connectivity index (χ1v) is 4.19. The van der Waals surface area contributed by atoms with Crippen molar-refractivity contribution >= 4 is 17.7 Å². The van der Waals surface area contributed by atoms with Crippen LogP contribution in [0.15, 0.2) is 0 Å². The fourth-order valence-electron chi connectivity index (χ4n) is 0.558. The van der Waals surface area contributed by atoms with E-state index in [-0.39, 0.29) is 16.5 Å². The highest BCUT2D eigenvalue weighted by atomic mass is 32.2. The summed E-state index contributed by atoms with van der Waals surface area (Å²) in [7, 11) is 1.34. The SMILES string of the molecule is COC(=O)C(C)SC(C)C#N. The van der Waals surface area contributed by atoms with Crippen LogP contribution in [-0.4, -0.2) is 23.6 Å². The Balaban J connectivity index is 3.79. The third-order valence-corrected chi connectivity index (χ3v) is 2.24. The van der Waals surface area contributed by atoms with Gasteiger partial charge in [-0.3, -0.25) is 4.79 Å². The van der Waals surface area contributed by atoms with Crippen molar-refractivity contribution in [1.82, 2.24) is 0 Å². The Morgan fingerprint density at radius 2 is 2.18 bits per heavy atom. The number of rotatable bonds is 3. The zero-order chi connectivity index (χ0) is 8.85. The van der Waals surface area contributed by atoms with Crippen LogP contribution in [-0.2, 0) is 9.53 Å².